The molecule has 3 rings (SSSR count). The molecule has 2 atom stereocenters. The molecule has 1 aromatic rings. The standard InChI is InChI=1S/C15H20N2O3/c18-11-4-1-3-10(9-11)17-15(19)12-5-2-6-13-14(12)20-8-7-16-13/h2,5-6,10-11,16,18H,1,3-4,7-9H2,(H,17,19). The molecule has 5 heteroatoms. The van der Waals surface area contributed by atoms with E-state index in [2.05, 4.69) is 10.6 Å². The fourth-order valence-electron chi connectivity index (χ4n) is 2.91. The van der Waals surface area contributed by atoms with E-state index in [0.29, 0.717) is 24.3 Å². The van der Waals surface area contributed by atoms with Crippen LogP contribution >= 0.6 is 0 Å². The van der Waals surface area contributed by atoms with Gasteiger partial charge in [-0.05, 0) is 37.8 Å². The van der Waals surface area contributed by atoms with Gasteiger partial charge in [-0.1, -0.05) is 6.07 Å². The van der Waals surface area contributed by atoms with Crippen molar-refractivity contribution >= 4 is 11.6 Å². The second kappa shape index (κ2) is 5.71. The molecule has 1 aliphatic carbocycles. The maximum absolute atomic E-state index is 12.4. The zero-order valence-electron chi connectivity index (χ0n) is 11.4. The molecule has 2 unspecified atom stereocenters. The molecule has 1 aliphatic heterocycles. The van der Waals surface area contributed by atoms with E-state index in [1.54, 1.807) is 6.07 Å². The molecular weight excluding hydrogens is 256 g/mol. The molecule has 0 saturated heterocycles. The Bertz CT molecular complexity index is 504. The van der Waals surface area contributed by atoms with E-state index >= 15 is 0 Å². The highest BCUT2D eigenvalue weighted by Gasteiger charge is 2.24. The summed E-state index contributed by atoms with van der Waals surface area (Å²) in [5.41, 5.74) is 1.43. The SMILES string of the molecule is O=C(NC1CCCC(O)C1)c1cccc2c1OCCN2. The third kappa shape index (κ3) is 2.72. The van der Waals surface area contributed by atoms with Crippen molar-refractivity contribution in [1.82, 2.24) is 5.32 Å². The minimum atomic E-state index is -0.295. The number of carbonyl (C=O) groups excluding carboxylic acids is 1. The van der Waals surface area contributed by atoms with Crippen LogP contribution < -0.4 is 15.4 Å². The van der Waals surface area contributed by atoms with Gasteiger partial charge < -0.3 is 20.5 Å². The van der Waals surface area contributed by atoms with E-state index in [9.17, 15) is 9.90 Å². The molecule has 108 valence electrons. The number of hydrogen-bond acceptors (Lipinski definition) is 4. The number of nitrogens with one attached hydrogen (secondary N) is 2. The summed E-state index contributed by atoms with van der Waals surface area (Å²) in [6, 6.07) is 5.60. The minimum absolute atomic E-state index is 0.0543. The van der Waals surface area contributed by atoms with Crippen molar-refractivity contribution < 1.29 is 14.6 Å². The maximum atomic E-state index is 12.4. The zero-order valence-corrected chi connectivity index (χ0v) is 11.4. The molecule has 1 amide bonds. The number of aliphatic hydroxyl groups excluding tert-OH is 1. The van der Waals surface area contributed by atoms with Gasteiger partial charge in [0.1, 0.15) is 6.61 Å². The highest BCUT2D eigenvalue weighted by atomic mass is 16.5. The van der Waals surface area contributed by atoms with Gasteiger partial charge in [0.25, 0.3) is 5.91 Å². The van der Waals surface area contributed by atoms with Crippen LogP contribution in [0.2, 0.25) is 0 Å². The number of ether oxygens (including phenoxy) is 1. The first-order valence-electron chi connectivity index (χ1n) is 7.22. The minimum Gasteiger partial charge on any atom is -0.489 e. The van der Waals surface area contributed by atoms with Crippen LogP contribution in [0.4, 0.5) is 5.69 Å². The van der Waals surface area contributed by atoms with Gasteiger partial charge in [-0.15, -0.1) is 0 Å². The van der Waals surface area contributed by atoms with Gasteiger partial charge in [0, 0.05) is 12.6 Å². The lowest BCUT2D eigenvalue weighted by molar-refractivity contribution is 0.0846. The average Bonchev–Trinajstić information content (AvgIpc) is 2.46. The summed E-state index contributed by atoms with van der Waals surface area (Å²) in [5, 5.41) is 15.9. The lowest BCUT2D eigenvalue weighted by atomic mass is 9.93. The molecule has 3 N–H and O–H groups in total. The van der Waals surface area contributed by atoms with Gasteiger partial charge in [-0.25, -0.2) is 0 Å². The molecule has 2 aliphatic rings. The summed E-state index contributed by atoms with van der Waals surface area (Å²) in [6.07, 6.45) is 3.06. The van der Waals surface area contributed by atoms with Gasteiger partial charge in [0.15, 0.2) is 5.75 Å². The molecule has 1 aromatic carbocycles. The molecule has 0 bridgehead atoms. The van der Waals surface area contributed by atoms with Gasteiger partial charge in [0.05, 0.1) is 17.4 Å². The fourth-order valence-corrected chi connectivity index (χ4v) is 2.91. The quantitative estimate of drug-likeness (QED) is 0.766. The first-order chi connectivity index (χ1) is 9.74. The lowest BCUT2D eigenvalue weighted by Gasteiger charge is -2.27. The van der Waals surface area contributed by atoms with Crippen molar-refractivity contribution in [2.24, 2.45) is 0 Å². The predicted molar refractivity (Wildman–Crippen MR) is 76.2 cm³/mol. The van der Waals surface area contributed by atoms with Crippen molar-refractivity contribution in [3.05, 3.63) is 23.8 Å². The molecule has 0 radical (unpaired) electrons. The van der Waals surface area contributed by atoms with E-state index in [-0.39, 0.29) is 18.1 Å². The number of anilines is 1. The Balaban J connectivity index is 1.74. The Kier molecular flexibility index (Phi) is 3.78. The van der Waals surface area contributed by atoms with Crippen LogP contribution in [0.25, 0.3) is 0 Å². The Hall–Kier alpha value is -1.75. The third-order valence-corrected chi connectivity index (χ3v) is 3.91. The van der Waals surface area contributed by atoms with E-state index in [1.165, 1.54) is 0 Å². The van der Waals surface area contributed by atoms with Crippen molar-refractivity contribution in [2.75, 3.05) is 18.5 Å². The molecule has 0 aromatic heterocycles. The van der Waals surface area contributed by atoms with Crippen molar-refractivity contribution in [3.8, 4) is 5.75 Å². The lowest BCUT2D eigenvalue weighted by Crippen LogP contribution is -2.40. The summed E-state index contributed by atoms with van der Waals surface area (Å²) in [6.45, 7) is 1.33. The van der Waals surface area contributed by atoms with Crippen LogP contribution in [-0.2, 0) is 0 Å². The van der Waals surface area contributed by atoms with Crippen LogP contribution in [-0.4, -0.2) is 36.3 Å². The van der Waals surface area contributed by atoms with Gasteiger partial charge in [-0.3, -0.25) is 4.79 Å². The molecule has 5 nitrogen and oxygen atoms in total. The topological polar surface area (TPSA) is 70.6 Å². The highest BCUT2D eigenvalue weighted by molar-refractivity contribution is 5.99. The molecule has 20 heavy (non-hydrogen) atoms. The Morgan fingerprint density at radius 3 is 3.15 bits per heavy atom. The Labute approximate surface area is 118 Å². The van der Waals surface area contributed by atoms with Gasteiger partial charge in [0.2, 0.25) is 0 Å². The second-order valence-electron chi connectivity index (χ2n) is 5.45. The van der Waals surface area contributed by atoms with Crippen LogP contribution in [0.3, 0.4) is 0 Å². The maximum Gasteiger partial charge on any atom is 0.255 e. The van der Waals surface area contributed by atoms with E-state index < -0.39 is 0 Å². The van der Waals surface area contributed by atoms with E-state index in [1.807, 2.05) is 12.1 Å². The average molecular weight is 276 g/mol. The monoisotopic (exact) mass is 276 g/mol. The van der Waals surface area contributed by atoms with Crippen molar-refractivity contribution in [2.45, 2.75) is 37.8 Å². The molecular formula is C15H20N2O3. The normalized spacial score (nSPS) is 25.1. The summed E-state index contributed by atoms with van der Waals surface area (Å²) in [4.78, 5) is 12.4. The van der Waals surface area contributed by atoms with Crippen LogP contribution in [0.15, 0.2) is 18.2 Å². The molecule has 1 heterocycles. The number of benzene rings is 1. The molecule has 1 fully saturated rings. The first-order valence-corrected chi connectivity index (χ1v) is 7.22. The van der Waals surface area contributed by atoms with E-state index in [4.69, 9.17) is 4.74 Å². The number of amides is 1. The van der Waals surface area contributed by atoms with Crippen LogP contribution in [0.5, 0.6) is 5.75 Å². The summed E-state index contributed by atoms with van der Waals surface area (Å²) < 4.78 is 5.61. The number of fused-ring (bicyclic) bond motifs is 1. The smallest absolute Gasteiger partial charge is 0.255 e. The second-order valence-corrected chi connectivity index (χ2v) is 5.45. The van der Waals surface area contributed by atoms with Crippen LogP contribution in [0, 0.1) is 0 Å². The number of aliphatic hydroxyl groups is 1. The number of carbonyl (C=O) groups is 1. The largest absolute Gasteiger partial charge is 0.489 e. The fraction of sp³-hybridized carbons (Fsp3) is 0.533. The van der Waals surface area contributed by atoms with Crippen LogP contribution in [0.1, 0.15) is 36.0 Å². The predicted octanol–water partition coefficient (Wildman–Crippen LogP) is 1.52. The Morgan fingerprint density at radius 1 is 1.40 bits per heavy atom. The van der Waals surface area contributed by atoms with Gasteiger partial charge >= 0.3 is 0 Å². The molecule has 0 spiro atoms. The number of hydrogen-bond donors (Lipinski definition) is 3. The summed E-state index contributed by atoms with van der Waals surface area (Å²) in [5.74, 6) is 0.511. The first kappa shape index (κ1) is 13.2. The zero-order chi connectivity index (χ0) is 13.9. The summed E-state index contributed by atoms with van der Waals surface area (Å²) in [7, 11) is 0. The van der Waals surface area contributed by atoms with Crippen molar-refractivity contribution in [1.29, 1.82) is 0 Å². The number of para-hydroxylation sites is 1. The Morgan fingerprint density at radius 2 is 2.30 bits per heavy atom. The highest BCUT2D eigenvalue weighted by Crippen LogP contribution is 2.31. The third-order valence-electron chi connectivity index (χ3n) is 3.91. The summed E-state index contributed by atoms with van der Waals surface area (Å²) >= 11 is 0. The van der Waals surface area contributed by atoms with Crippen molar-refractivity contribution in [3.63, 3.8) is 0 Å². The van der Waals surface area contributed by atoms with E-state index in [0.717, 1.165) is 31.5 Å². The van der Waals surface area contributed by atoms with Gasteiger partial charge in [-0.2, -0.15) is 0 Å². The molecule has 1 saturated carbocycles. The number of rotatable bonds is 2.